The molecule has 4 nitrogen and oxygen atoms in total. The zero-order valence-corrected chi connectivity index (χ0v) is 14.2. The number of aliphatic carboxylic acids is 1. The molecule has 1 aromatic carbocycles. The van der Waals surface area contributed by atoms with Crippen molar-refractivity contribution >= 4 is 57.9 Å². The minimum absolute atomic E-state index is 0.268. The Kier molecular flexibility index (Phi) is 5.61. The van der Waals surface area contributed by atoms with Crippen molar-refractivity contribution in [3.63, 3.8) is 0 Å². The van der Waals surface area contributed by atoms with E-state index in [1.54, 1.807) is 24.3 Å². The van der Waals surface area contributed by atoms with Crippen LogP contribution in [0, 0.1) is 0 Å². The molecule has 1 N–H and O–H groups in total. The van der Waals surface area contributed by atoms with Crippen molar-refractivity contribution in [1.82, 2.24) is 4.90 Å². The smallest absolute Gasteiger partial charge is 0.326 e. The van der Waals surface area contributed by atoms with Gasteiger partial charge in [-0.1, -0.05) is 67.1 Å². The Morgan fingerprint density at radius 1 is 1.50 bits per heavy atom. The second-order valence-electron chi connectivity index (χ2n) is 4.72. The molecule has 116 valence electrons. The third-order valence-corrected chi connectivity index (χ3v) is 4.85. The minimum atomic E-state index is -1.04. The predicted molar refractivity (Wildman–Crippen MR) is 92.8 cm³/mol. The summed E-state index contributed by atoms with van der Waals surface area (Å²) < 4.78 is 0.268. The molecule has 0 unspecified atom stereocenters. The van der Waals surface area contributed by atoms with E-state index in [4.69, 9.17) is 23.8 Å². The molecular weight excluding hydrogens is 342 g/mol. The lowest BCUT2D eigenvalue weighted by Crippen LogP contribution is -2.43. The molecule has 1 aliphatic rings. The molecule has 1 heterocycles. The number of halogens is 1. The van der Waals surface area contributed by atoms with Crippen molar-refractivity contribution in [3.05, 3.63) is 39.8 Å². The lowest BCUT2D eigenvalue weighted by Gasteiger charge is -2.22. The summed E-state index contributed by atoms with van der Waals surface area (Å²) in [5.41, 5.74) is 0.701. The van der Waals surface area contributed by atoms with Crippen LogP contribution in [0.5, 0.6) is 0 Å². The lowest BCUT2D eigenvalue weighted by atomic mass is 10.1. The topological polar surface area (TPSA) is 57.6 Å². The summed E-state index contributed by atoms with van der Waals surface area (Å²) in [6, 6.07) is 6.21. The first kappa shape index (κ1) is 17.0. The van der Waals surface area contributed by atoms with Gasteiger partial charge in [0.2, 0.25) is 0 Å². The fourth-order valence-electron chi connectivity index (χ4n) is 2.12. The summed E-state index contributed by atoms with van der Waals surface area (Å²) in [5, 5.41) is 9.84. The molecule has 1 saturated heterocycles. The van der Waals surface area contributed by atoms with Gasteiger partial charge in [0.1, 0.15) is 10.4 Å². The third-order valence-electron chi connectivity index (χ3n) is 3.17. The number of thioether (sulfide) groups is 1. The van der Waals surface area contributed by atoms with Crippen molar-refractivity contribution < 1.29 is 14.7 Å². The molecule has 7 heteroatoms. The maximum Gasteiger partial charge on any atom is 0.326 e. The Hall–Kier alpha value is -1.37. The number of hydrogen-bond donors (Lipinski definition) is 1. The number of carbonyl (C=O) groups is 2. The summed E-state index contributed by atoms with van der Waals surface area (Å²) in [6.07, 6.45) is 2.66. The molecule has 1 aromatic rings. The molecule has 1 fully saturated rings. The molecule has 22 heavy (non-hydrogen) atoms. The van der Waals surface area contributed by atoms with Gasteiger partial charge in [0, 0.05) is 5.02 Å². The van der Waals surface area contributed by atoms with Crippen LogP contribution in [0.4, 0.5) is 0 Å². The van der Waals surface area contributed by atoms with Crippen molar-refractivity contribution in [1.29, 1.82) is 0 Å². The Morgan fingerprint density at radius 3 is 2.77 bits per heavy atom. The van der Waals surface area contributed by atoms with Crippen LogP contribution < -0.4 is 0 Å². The standard InChI is InChI=1S/C15H14ClNO3S2/c1-2-5-11(14(19)20)17-13(18)12(22-15(17)21)8-9-6-3-4-7-10(9)16/h3-4,6-8,11H,2,5H2,1H3,(H,19,20)/b12-8-/t11-/m0/s1. The molecule has 1 atom stereocenters. The van der Waals surface area contributed by atoms with E-state index in [1.807, 2.05) is 13.0 Å². The van der Waals surface area contributed by atoms with Crippen LogP contribution in [0.15, 0.2) is 29.2 Å². The zero-order valence-electron chi connectivity index (χ0n) is 11.8. The monoisotopic (exact) mass is 355 g/mol. The Morgan fingerprint density at radius 2 is 2.18 bits per heavy atom. The highest BCUT2D eigenvalue weighted by atomic mass is 35.5. The number of carbonyl (C=O) groups excluding carboxylic acids is 1. The number of amides is 1. The third kappa shape index (κ3) is 3.51. The van der Waals surface area contributed by atoms with Crippen molar-refractivity contribution in [2.45, 2.75) is 25.8 Å². The van der Waals surface area contributed by atoms with Crippen molar-refractivity contribution in [3.8, 4) is 0 Å². The van der Waals surface area contributed by atoms with Gasteiger partial charge in [-0.3, -0.25) is 9.69 Å². The van der Waals surface area contributed by atoms with E-state index in [0.29, 0.717) is 28.3 Å². The highest BCUT2D eigenvalue weighted by Crippen LogP contribution is 2.35. The van der Waals surface area contributed by atoms with Crippen LogP contribution in [-0.2, 0) is 9.59 Å². The van der Waals surface area contributed by atoms with Gasteiger partial charge in [-0.05, 0) is 24.1 Å². The first-order chi connectivity index (χ1) is 10.5. The van der Waals surface area contributed by atoms with Crippen LogP contribution in [0.25, 0.3) is 6.08 Å². The summed E-state index contributed by atoms with van der Waals surface area (Å²) in [5.74, 6) is -1.42. The van der Waals surface area contributed by atoms with E-state index >= 15 is 0 Å². The van der Waals surface area contributed by atoms with E-state index in [2.05, 4.69) is 0 Å². The average molecular weight is 356 g/mol. The van der Waals surface area contributed by atoms with Crippen molar-refractivity contribution in [2.75, 3.05) is 0 Å². The minimum Gasteiger partial charge on any atom is -0.480 e. The van der Waals surface area contributed by atoms with Crippen molar-refractivity contribution in [2.24, 2.45) is 0 Å². The lowest BCUT2D eigenvalue weighted by molar-refractivity contribution is -0.145. The largest absolute Gasteiger partial charge is 0.480 e. The summed E-state index contributed by atoms with van der Waals surface area (Å²) >= 11 is 12.4. The highest BCUT2D eigenvalue weighted by molar-refractivity contribution is 8.26. The maximum atomic E-state index is 12.5. The molecule has 0 saturated carbocycles. The molecule has 2 rings (SSSR count). The molecule has 0 aromatic heterocycles. The maximum absolute atomic E-state index is 12.5. The first-order valence-corrected chi connectivity index (χ1v) is 8.30. The van der Waals surface area contributed by atoms with Gasteiger partial charge in [0.15, 0.2) is 0 Å². The highest BCUT2D eigenvalue weighted by Gasteiger charge is 2.39. The van der Waals surface area contributed by atoms with Gasteiger partial charge >= 0.3 is 5.97 Å². The van der Waals surface area contributed by atoms with Crippen LogP contribution in [-0.4, -0.2) is 32.2 Å². The number of benzene rings is 1. The second kappa shape index (κ2) is 7.26. The van der Waals surface area contributed by atoms with E-state index in [-0.39, 0.29) is 10.2 Å². The van der Waals surface area contributed by atoms with E-state index in [9.17, 15) is 14.7 Å². The Balaban J connectivity index is 2.32. The Bertz CT molecular complexity index is 660. The van der Waals surface area contributed by atoms with Gasteiger partial charge in [-0.2, -0.15) is 0 Å². The van der Waals surface area contributed by atoms with Gasteiger partial charge < -0.3 is 5.11 Å². The molecule has 0 spiro atoms. The number of carboxylic acid groups (broad SMARTS) is 1. The van der Waals surface area contributed by atoms with Gasteiger partial charge in [-0.15, -0.1) is 0 Å². The van der Waals surface area contributed by atoms with Gasteiger partial charge in [0.05, 0.1) is 4.91 Å². The Labute approximate surface area is 143 Å². The predicted octanol–water partition coefficient (Wildman–Crippen LogP) is 3.79. The van der Waals surface area contributed by atoms with Crippen LogP contribution in [0.3, 0.4) is 0 Å². The quantitative estimate of drug-likeness (QED) is 0.643. The van der Waals surface area contributed by atoms with Gasteiger partial charge in [0.25, 0.3) is 5.91 Å². The van der Waals surface area contributed by atoms with Crippen LogP contribution in [0.2, 0.25) is 5.02 Å². The molecule has 1 aliphatic heterocycles. The van der Waals surface area contributed by atoms with Gasteiger partial charge in [-0.25, -0.2) is 4.79 Å². The average Bonchev–Trinajstić information content (AvgIpc) is 2.73. The zero-order chi connectivity index (χ0) is 16.3. The SMILES string of the molecule is CCC[C@@H](C(=O)O)N1C(=O)/C(=C/c2ccccc2Cl)SC1=S. The summed E-state index contributed by atoms with van der Waals surface area (Å²) in [6.45, 7) is 1.87. The number of thiocarbonyl (C=S) groups is 1. The summed E-state index contributed by atoms with van der Waals surface area (Å²) in [4.78, 5) is 25.5. The van der Waals surface area contributed by atoms with E-state index in [0.717, 1.165) is 11.8 Å². The molecule has 0 radical (unpaired) electrons. The number of carboxylic acids is 1. The van der Waals surface area contributed by atoms with E-state index in [1.165, 1.54) is 4.90 Å². The number of hydrogen-bond acceptors (Lipinski definition) is 4. The first-order valence-electron chi connectivity index (χ1n) is 6.70. The second-order valence-corrected chi connectivity index (χ2v) is 6.80. The molecule has 1 amide bonds. The van der Waals surface area contributed by atoms with Crippen LogP contribution in [0.1, 0.15) is 25.3 Å². The number of nitrogens with zero attached hydrogens (tertiary/aromatic N) is 1. The molecule has 0 bridgehead atoms. The molecule has 0 aliphatic carbocycles. The fourth-order valence-corrected chi connectivity index (χ4v) is 3.66. The van der Waals surface area contributed by atoms with E-state index < -0.39 is 12.0 Å². The summed E-state index contributed by atoms with van der Waals surface area (Å²) in [7, 11) is 0. The van der Waals surface area contributed by atoms with Crippen LogP contribution >= 0.6 is 35.6 Å². The normalized spacial score (nSPS) is 18.1. The molecular formula is C15H14ClNO3S2. The fraction of sp³-hybridized carbons (Fsp3) is 0.267. The number of rotatable bonds is 5.